The van der Waals surface area contributed by atoms with Crippen LogP contribution in [0.25, 0.3) is 0 Å². The van der Waals surface area contributed by atoms with Crippen LogP contribution in [0.2, 0.25) is 0 Å². The van der Waals surface area contributed by atoms with Gasteiger partial charge < -0.3 is 0 Å². The van der Waals surface area contributed by atoms with Crippen molar-refractivity contribution < 1.29 is 0 Å². The van der Waals surface area contributed by atoms with Gasteiger partial charge in [-0.15, -0.1) is 0 Å². The van der Waals surface area contributed by atoms with Gasteiger partial charge in [-0.1, -0.05) is 40.7 Å². The average molecular weight is 171 g/mol. The summed E-state index contributed by atoms with van der Waals surface area (Å²) in [6, 6.07) is 1.87. The third-order valence-electron chi connectivity index (χ3n) is 0.377. The van der Waals surface area contributed by atoms with Gasteiger partial charge in [0, 0.05) is 6.04 Å². The summed E-state index contributed by atoms with van der Waals surface area (Å²) in [7, 11) is 0. The van der Waals surface area contributed by atoms with Gasteiger partial charge in [0.25, 0.3) is 0 Å². The molecular weight excluding hydrogens is 168 g/mol. The molecule has 0 aromatic rings. The topological polar surface area (TPSA) is 23.8 Å². The number of nitrogens with one attached hydrogen (secondary N) is 1. The minimum absolute atomic E-state index is 0.112. The normalized spacial score (nSPS) is 9.88. The standard InChI is InChI=1S/C4H3Cl3N/c5-4(6,7)2-1-3-8/h8H,2H2. The first kappa shape index (κ1) is 8.23. The van der Waals surface area contributed by atoms with Crippen LogP contribution in [-0.4, -0.2) is 3.79 Å². The van der Waals surface area contributed by atoms with Crippen LogP contribution in [0.1, 0.15) is 6.42 Å². The smallest absolute Gasteiger partial charge is 0.201 e. The molecule has 0 unspecified atom stereocenters. The van der Waals surface area contributed by atoms with Crippen LogP contribution in [0.5, 0.6) is 0 Å². The Hall–Kier alpha value is 0.230. The van der Waals surface area contributed by atoms with Crippen molar-refractivity contribution in [1.29, 1.82) is 0 Å². The van der Waals surface area contributed by atoms with Crippen molar-refractivity contribution in [3.63, 3.8) is 0 Å². The van der Waals surface area contributed by atoms with Gasteiger partial charge in [0.1, 0.15) is 0 Å². The Labute approximate surface area is 63.1 Å². The van der Waals surface area contributed by atoms with Crippen molar-refractivity contribution in [3.05, 3.63) is 0 Å². The highest BCUT2D eigenvalue weighted by Crippen LogP contribution is 2.28. The maximum atomic E-state index is 6.35. The second-order valence-corrected chi connectivity index (χ2v) is 3.61. The minimum Gasteiger partial charge on any atom is -0.252 e. The van der Waals surface area contributed by atoms with E-state index >= 15 is 0 Å². The SMILES string of the molecule is [NH]C#CCC(Cl)(Cl)Cl. The molecule has 1 radical (unpaired) electrons. The van der Waals surface area contributed by atoms with Gasteiger partial charge in [-0.25, -0.2) is 0 Å². The molecule has 0 aliphatic heterocycles. The first-order valence-corrected chi connectivity index (χ1v) is 2.91. The van der Waals surface area contributed by atoms with Crippen molar-refractivity contribution in [3.8, 4) is 12.0 Å². The first-order valence-electron chi connectivity index (χ1n) is 1.77. The van der Waals surface area contributed by atoms with Gasteiger partial charge >= 0.3 is 0 Å². The first-order chi connectivity index (χ1) is 3.56. The summed E-state index contributed by atoms with van der Waals surface area (Å²) in [5.41, 5.74) is 6.35. The van der Waals surface area contributed by atoms with Crippen molar-refractivity contribution in [2.24, 2.45) is 0 Å². The monoisotopic (exact) mass is 170 g/mol. The summed E-state index contributed by atoms with van der Waals surface area (Å²) in [6.45, 7) is 0. The fraction of sp³-hybridized carbons (Fsp3) is 0.500. The van der Waals surface area contributed by atoms with E-state index in [1.807, 2.05) is 6.04 Å². The maximum Gasteiger partial charge on any atom is 0.201 e. The van der Waals surface area contributed by atoms with E-state index in [-0.39, 0.29) is 6.42 Å². The zero-order chi connectivity index (χ0) is 6.62. The lowest BCUT2D eigenvalue weighted by atomic mass is 10.5. The lowest BCUT2D eigenvalue weighted by Gasteiger charge is -2.02. The van der Waals surface area contributed by atoms with E-state index in [9.17, 15) is 0 Å². The van der Waals surface area contributed by atoms with Gasteiger partial charge in [0.05, 0.1) is 6.42 Å². The Morgan fingerprint density at radius 3 is 2.00 bits per heavy atom. The van der Waals surface area contributed by atoms with Crippen LogP contribution in [0.3, 0.4) is 0 Å². The van der Waals surface area contributed by atoms with E-state index in [1.165, 1.54) is 0 Å². The number of rotatable bonds is 0. The van der Waals surface area contributed by atoms with E-state index in [1.54, 1.807) is 0 Å². The Bertz CT molecular complexity index is 115. The summed E-state index contributed by atoms with van der Waals surface area (Å²) in [5.74, 6) is 2.31. The molecule has 0 aliphatic rings. The van der Waals surface area contributed by atoms with E-state index in [2.05, 4.69) is 5.92 Å². The lowest BCUT2D eigenvalue weighted by molar-refractivity contribution is 1.11. The van der Waals surface area contributed by atoms with E-state index < -0.39 is 3.79 Å². The van der Waals surface area contributed by atoms with Gasteiger partial charge in [-0.2, -0.15) is 0 Å². The molecule has 0 aliphatic carbocycles. The Morgan fingerprint density at radius 1 is 1.38 bits per heavy atom. The number of hydrogen-bond donors (Lipinski definition) is 0. The zero-order valence-corrected chi connectivity index (χ0v) is 6.11. The second kappa shape index (κ2) is 3.29. The molecule has 45 valence electrons. The maximum absolute atomic E-state index is 6.35. The largest absolute Gasteiger partial charge is 0.252 e. The van der Waals surface area contributed by atoms with Crippen LogP contribution in [-0.2, 0) is 0 Å². The molecule has 4 heteroatoms. The quantitative estimate of drug-likeness (QED) is 0.393. The van der Waals surface area contributed by atoms with Crippen LogP contribution in [0.4, 0.5) is 0 Å². The van der Waals surface area contributed by atoms with Crippen molar-refractivity contribution in [2.45, 2.75) is 10.2 Å². The van der Waals surface area contributed by atoms with Crippen molar-refractivity contribution in [2.75, 3.05) is 0 Å². The molecule has 0 spiro atoms. The van der Waals surface area contributed by atoms with Gasteiger partial charge in [-0.05, 0) is 0 Å². The summed E-state index contributed by atoms with van der Waals surface area (Å²) in [5, 5.41) is 0. The summed E-state index contributed by atoms with van der Waals surface area (Å²) in [4.78, 5) is 0. The van der Waals surface area contributed by atoms with Crippen LogP contribution in [0.15, 0.2) is 0 Å². The molecule has 0 fully saturated rings. The van der Waals surface area contributed by atoms with Gasteiger partial charge in [0.15, 0.2) is 0 Å². The summed E-state index contributed by atoms with van der Waals surface area (Å²) >= 11 is 15.8. The highest BCUT2D eigenvalue weighted by atomic mass is 35.6. The van der Waals surface area contributed by atoms with Gasteiger partial charge in [-0.3, -0.25) is 5.73 Å². The van der Waals surface area contributed by atoms with Crippen LogP contribution < -0.4 is 5.73 Å². The Morgan fingerprint density at radius 2 is 1.88 bits per heavy atom. The fourth-order valence-electron chi connectivity index (χ4n) is 0.144. The van der Waals surface area contributed by atoms with Crippen LogP contribution >= 0.6 is 34.8 Å². The number of alkyl halides is 3. The third kappa shape index (κ3) is 6.23. The number of hydrogen-bond acceptors (Lipinski definition) is 0. The van der Waals surface area contributed by atoms with Crippen LogP contribution in [0, 0.1) is 12.0 Å². The molecule has 0 aromatic carbocycles. The lowest BCUT2D eigenvalue weighted by Crippen LogP contribution is -1.98. The summed E-state index contributed by atoms with van der Waals surface area (Å²) < 4.78 is -1.33. The van der Waals surface area contributed by atoms with Gasteiger partial charge in [0.2, 0.25) is 3.79 Å². The highest BCUT2D eigenvalue weighted by Gasteiger charge is 2.16. The Balaban J connectivity index is 3.50. The molecule has 0 rings (SSSR count). The molecule has 0 atom stereocenters. The van der Waals surface area contributed by atoms with E-state index in [4.69, 9.17) is 40.5 Å². The molecule has 0 saturated carbocycles. The molecule has 0 bridgehead atoms. The zero-order valence-electron chi connectivity index (χ0n) is 3.84. The molecule has 0 aromatic heterocycles. The molecule has 8 heavy (non-hydrogen) atoms. The second-order valence-electron chi connectivity index (χ2n) is 1.09. The van der Waals surface area contributed by atoms with Crippen molar-refractivity contribution in [1.82, 2.24) is 5.73 Å². The molecule has 0 saturated heterocycles. The third-order valence-corrected chi connectivity index (χ3v) is 0.778. The average Bonchev–Trinajstić information content (AvgIpc) is 1.59. The predicted molar refractivity (Wildman–Crippen MR) is 35.8 cm³/mol. The molecule has 1 N–H and O–H groups in total. The fourth-order valence-corrected chi connectivity index (χ4v) is 0.345. The molecule has 0 amide bonds. The van der Waals surface area contributed by atoms with E-state index in [0.29, 0.717) is 0 Å². The van der Waals surface area contributed by atoms with Crippen molar-refractivity contribution >= 4 is 34.8 Å². The van der Waals surface area contributed by atoms with E-state index in [0.717, 1.165) is 0 Å². The number of halogens is 3. The molecular formula is C4H3Cl3N. The summed E-state index contributed by atoms with van der Waals surface area (Å²) in [6.07, 6.45) is 0.112. The minimum atomic E-state index is -1.33. The predicted octanol–water partition coefficient (Wildman–Crippen LogP) is 1.99. The molecule has 1 nitrogen and oxygen atoms in total. The molecule has 0 heterocycles. The Kier molecular flexibility index (Phi) is 3.39. The highest BCUT2D eigenvalue weighted by molar-refractivity contribution is 6.67.